The van der Waals surface area contributed by atoms with E-state index in [1.165, 1.54) is 0 Å². The molecular weight excluding hydrogens is 381 g/mol. The van der Waals surface area contributed by atoms with E-state index in [2.05, 4.69) is 30.9 Å². The van der Waals surface area contributed by atoms with Gasteiger partial charge in [0.2, 0.25) is 5.95 Å². The Morgan fingerprint density at radius 3 is 2.56 bits per heavy atom. The second-order valence-electron chi connectivity index (χ2n) is 5.46. The van der Waals surface area contributed by atoms with Crippen molar-refractivity contribution in [1.29, 1.82) is 0 Å². The number of nitrogens with one attached hydrogen (secondary N) is 3. The molecule has 27 heavy (non-hydrogen) atoms. The number of benzene rings is 1. The zero-order valence-electron chi connectivity index (χ0n) is 14.6. The van der Waals surface area contributed by atoms with Gasteiger partial charge in [-0.3, -0.25) is 4.99 Å². The Morgan fingerprint density at radius 1 is 1.11 bits per heavy atom. The van der Waals surface area contributed by atoms with Crippen molar-refractivity contribution in [1.82, 2.24) is 20.6 Å². The van der Waals surface area contributed by atoms with Gasteiger partial charge in [0.25, 0.3) is 0 Å². The standard InChI is InChI=1S/C17H20ClF3N6/c1-22-15(23-8-6-12-4-2-3-5-13(12)18)25-10-11-26-16-24-9-7-14(27-16)17(19,20)21/h2-5,7,9H,6,8,10-11H2,1H3,(H2,22,23,25)(H,24,26,27). The van der Waals surface area contributed by atoms with Gasteiger partial charge in [0.05, 0.1) is 0 Å². The highest BCUT2D eigenvalue weighted by Gasteiger charge is 2.32. The summed E-state index contributed by atoms with van der Waals surface area (Å²) in [4.78, 5) is 11.3. The minimum absolute atomic E-state index is 0.0757. The first kappa shape index (κ1) is 20.8. The summed E-state index contributed by atoms with van der Waals surface area (Å²) in [5.41, 5.74) is 0.0514. The summed E-state index contributed by atoms with van der Waals surface area (Å²) in [5, 5.41) is 9.65. The fourth-order valence-electron chi connectivity index (χ4n) is 2.19. The quantitative estimate of drug-likeness (QED) is 0.378. The van der Waals surface area contributed by atoms with Crippen LogP contribution in [0, 0.1) is 0 Å². The number of guanidine groups is 1. The van der Waals surface area contributed by atoms with E-state index in [1.54, 1.807) is 7.05 Å². The van der Waals surface area contributed by atoms with Gasteiger partial charge in [-0.2, -0.15) is 13.2 Å². The molecule has 0 aliphatic rings. The number of hydrogen-bond acceptors (Lipinski definition) is 4. The fraction of sp³-hybridized carbons (Fsp3) is 0.353. The van der Waals surface area contributed by atoms with Crippen molar-refractivity contribution in [2.45, 2.75) is 12.6 Å². The smallest absolute Gasteiger partial charge is 0.356 e. The van der Waals surface area contributed by atoms with E-state index in [0.29, 0.717) is 30.6 Å². The summed E-state index contributed by atoms with van der Waals surface area (Å²) in [6.45, 7) is 1.38. The first-order valence-corrected chi connectivity index (χ1v) is 8.60. The minimum Gasteiger partial charge on any atom is -0.356 e. The molecule has 3 N–H and O–H groups in total. The van der Waals surface area contributed by atoms with Crippen LogP contribution in [0.3, 0.4) is 0 Å². The Hall–Kier alpha value is -2.55. The summed E-state index contributed by atoms with van der Waals surface area (Å²) < 4.78 is 37.8. The van der Waals surface area contributed by atoms with E-state index in [1.807, 2.05) is 24.3 Å². The molecule has 0 unspecified atom stereocenters. The third-order valence-corrected chi connectivity index (χ3v) is 3.88. The monoisotopic (exact) mass is 400 g/mol. The van der Waals surface area contributed by atoms with Crippen LogP contribution in [-0.4, -0.2) is 42.6 Å². The fourth-order valence-corrected chi connectivity index (χ4v) is 2.42. The Bertz CT molecular complexity index is 766. The van der Waals surface area contributed by atoms with Gasteiger partial charge in [0, 0.05) is 37.9 Å². The minimum atomic E-state index is -4.49. The zero-order valence-corrected chi connectivity index (χ0v) is 15.4. The Morgan fingerprint density at radius 2 is 1.85 bits per heavy atom. The van der Waals surface area contributed by atoms with Gasteiger partial charge in [-0.15, -0.1) is 0 Å². The topological polar surface area (TPSA) is 74.2 Å². The molecule has 1 heterocycles. The number of rotatable bonds is 7. The van der Waals surface area contributed by atoms with Crippen LogP contribution in [0.4, 0.5) is 19.1 Å². The SMILES string of the molecule is CN=C(NCCNc1nccc(C(F)(F)F)n1)NCCc1ccccc1Cl. The molecular formula is C17H20ClF3N6. The molecule has 6 nitrogen and oxygen atoms in total. The second-order valence-corrected chi connectivity index (χ2v) is 5.86. The van der Waals surface area contributed by atoms with Crippen molar-refractivity contribution in [3.8, 4) is 0 Å². The lowest BCUT2D eigenvalue weighted by atomic mass is 10.1. The van der Waals surface area contributed by atoms with Crippen LogP contribution in [0.15, 0.2) is 41.5 Å². The molecule has 0 saturated carbocycles. The van der Waals surface area contributed by atoms with Crippen molar-refractivity contribution in [3.05, 3.63) is 52.8 Å². The number of halogens is 4. The van der Waals surface area contributed by atoms with Crippen LogP contribution in [0.2, 0.25) is 5.02 Å². The van der Waals surface area contributed by atoms with Crippen molar-refractivity contribution in [2.24, 2.45) is 4.99 Å². The van der Waals surface area contributed by atoms with E-state index >= 15 is 0 Å². The molecule has 0 spiro atoms. The average molecular weight is 401 g/mol. The predicted octanol–water partition coefficient (Wildman–Crippen LogP) is 2.97. The number of hydrogen-bond donors (Lipinski definition) is 3. The van der Waals surface area contributed by atoms with Crippen molar-refractivity contribution in [3.63, 3.8) is 0 Å². The molecule has 0 atom stereocenters. The Balaban J connectivity index is 1.71. The molecule has 1 aromatic heterocycles. The van der Waals surface area contributed by atoms with E-state index in [4.69, 9.17) is 11.6 Å². The van der Waals surface area contributed by atoms with E-state index < -0.39 is 11.9 Å². The molecule has 1 aromatic carbocycles. The first-order chi connectivity index (χ1) is 12.9. The molecule has 10 heteroatoms. The molecule has 146 valence electrons. The largest absolute Gasteiger partial charge is 0.433 e. The Labute approximate surface area is 160 Å². The Kier molecular flexibility index (Phi) is 7.66. The summed E-state index contributed by atoms with van der Waals surface area (Å²) in [6.07, 6.45) is -2.69. The predicted molar refractivity (Wildman–Crippen MR) is 100 cm³/mol. The highest BCUT2D eigenvalue weighted by atomic mass is 35.5. The highest BCUT2D eigenvalue weighted by Crippen LogP contribution is 2.27. The van der Waals surface area contributed by atoms with Crippen molar-refractivity contribution in [2.75, 3.05) is 32.0 Å². The maximum Gasteiger partial charge on any atom is 0.433 e. The molecule has 0 radical (unpaired) electrons. The van der Waals surface area contributed by atoms with Crippen molar-refractivity contribution < 1.29 is 13.2 Å². The summed E-state index contributed by atoms with van der Waals surface area (Å²) in [7, 11) is 1.63. The highest BCUT2D eigenvalue weighted by molar-refractivity contribution is 6.31. The second kappa shape index (κ2) is 9.96. The number of aliphatic imine (C=N–C) groups is 1. The van der Waals surface area contributed by atoms with Crippen LogP contribution in [0.1, 0.15) is 11.3 Å². The summed E-state index contributed by atoms with van der Waals surface area (Å²) in [5.74, 6) is 0.502. The van der Waals surface area contributed by atoms with Gasteiger partial charge in [-0.1, -0.05) is 29.8 Å². The summed E-state index contributed by atoms with van der Waals surface area (Å²) in [6, 6.07) is 8.43. The molecule has 2 aromatic rings. The molecule has 2 rings (SSSR count). The van der Waals surface area contributed by atoms with Crippen molar-refractivity contribution >= 4 is 23.5 Å². The van der Waals surface area contributed by atoms with E-state index in [0.717, 1.165) is 24.2 Å². The molecule has 0 aliphatic carbocycles. The van der Waals surface area contributed by atoms with Gasteiger partial charge < -0.3 is 16.0 Å². The van der Waals surface area contributed by atoms with E-state index in [-0.39, 0.29) is 5.95 Å². The summed E-state index contributed by atoms with van der Waals surface area (Å²) >= 11 is 6.11. The molecule has 0 fully saturated rings. The van der Waals surface area contributed by atoms with Gasteiger partial charge in [0.15, 0.2) is 5.96 Å². The molecule has 0 saturated heterocycles. The lowest BCUT2D eigenvalue weighted by Crippen LogP contribution is -2.40. The van der Waals surface area contributed by atoms with Gasteiger partial charge in [-0.05, 0) is 24.1 Å². The van der Waals surface area contributed by atoms with Crippen LogP contribution >= 0.6 is 11.6 Å². The maximum absolute atomic E-state index is 12.6. The van der Waals surface area contributed by atoms with Crippen LogP contribution in [-0.2, 0) is 12.6 Å². The van der Waals surface area contributed by atoms with Gasteiger partial charge in [0.1, 0.15) is 5.69 Å². The third kappa shape index (κ3) is 6.93. The van der Waals surface area contributed by atoms with Crippen LogP contribution < -0.4 is 16.0 Å². The zero-order chi connectivity index (χ0) is 19.7. The molecule has 0 amide bonds. The normalized spacial score (nSPS) is 12.0. The van der Waals surface area contributed by atoms with Crippen LogP contribution in [0.5, 0.6) is 0 Å². The lowest BCUT2D eigenvalue weighted by molar-refractivity contribution is -0.141. The van der Waals surface area contributed by atoms with Gasteiger partial charge >= 0.3 is 6.18 Å². The number of alkyl halides is 3. The maximum atomic E-state index is 12.6. The number of anilines is 1. The van der Waals surface area contributed by atoms with Gasteiger partial charge in [-0.25, -0.2) is 9.97 Å². The third-order valence-electron chi connectivity index (χ3n) is 3.51. The number of nitrogens with zero attached hydrogens (tertiary/aromatic N) is 3. The average Bonchev–Trinajstić information content (AvgIpc) is 2.64. The van der Waals surface area contributed by atoms with Crippen LogP contribution in [0.25, 0.3) is 0 Å². The lowest BCUT2D eigenvalue weighted by Gasteiger charge is -2.13. The van der Waals surface area contributed by atoms with E-state index in [9.17, 15) is 13.2 Å². The molecule has 0 aliphatic heterocycles. The first-order valence-electron chi connectivity index (χ1n) is 8.22. The number of aromatic nitrogens is 2. The molecule has 0 bridgehead atoms.